The maximum atomic E-state index is 12.5. The van der Waals surface area contributed by atoms with Gasteiger partial charge < -0.3 is 19.8 Å². The third kappa shape index (κ3) is 2.82. The molecule has 0 saturated carbocycles. The van der Waals surface area contributed by atoms with Gasteiger partial charge in [-0.15, -0.1) is 0 Å². The maximum absolute atomic E-state index is 12.5. The standard InChI is InChI=1S/C21H23NO4/c1-20(24)14-22(12-11-18(23)15-7-3-2-4-8-15)17-13-21(20,25)26-19-10-6-5-9-16(17)19/h2-10,17,24-25H,11-14H2,1H3/p+1. The Morgan fingerprint density at radius 2 is 1.85 bits per heavy atom. The fraction of sp³-hybridized carbons (Fsp3) is 0.381. The Morgan fingerprint density at radius 1 is 1.15 bits per heavy atom. The van der Waals surface area contributed by atoms with Gasteiger partial charge in [-0.05, 0) is 19.1 Å². The molecule has 5 heteroatoms. The lowest BCUT2D eigenvalue weighted by molar-refractivity contribution is -0.949. The number of carbonyl (C=O) groups is 1. The molecule has 0 spiro atoms. The van der Waals surface area contributed by atoms with E-state index in [1.54, 1.807) is 6.92 Å². The average molecular weight is 354 g/mol. The molecule has 0 aromatic heterocycles. The van der Waals surface area contributed by atoms with Gasteiger partial charge in [0.2, 0.25) is 5.79 Å². The number of piperidine rings is 1. The van der Waals surface area contributed by atoms with Gasteiger partial charge in [0.25, 0.3) is 0 Å². The molecule has 0 amide bonds. The van der Waals surface area contributed by atoms with Crippen LogP contribution >= 0.6 is 0 Å². The van der Waals surface area contributed by atoms with Gasteiger partial charge in [0.1, 0.15) is 18.3 Å². The summed E-state index contributed by atoms with van der Waals surface area (Å²) in [6, 6.07) is 16.9. The Hall–Kier alpha value is -2.21. The first-order chi connectivity index (χ1) is 12.4. The smallest absolute Gasteiger partial charge is 0.248 e. The van der Waals surface area contributed by atoms with E-state index in [0.29, 0.717) is 37.2 Å². The van der Waals surface area contributed by atoms with Gasteiger partial charge in [-0.2, -0.15) is 0 Å². The SMILES string of the molecule is CC1(O)C[NH+](CCC(=O)c2ccccc2)C2CC1(O)Oc1ccccc12. The first-order valence-electron chi connectivity index (χ1n) is 9.05. The van der Waals surface area contributed by atoms with Crippen LogP contribution in [0.2, 0.25) is 0 Å². The van der Waals surface area contributed by atoms with Gasteiger partial charge in [0.05, 0.1) is 24.9 Å². The molecule has 0 radical (unpaired) electrons. The van der Waals surface area contributed by atoms with Crippen LogP contribution in [0.25, 0.3) is 0 Å². The largest absolute Gasteiger partial charge is 0.458 e. The van der Waals surface area contributed by atoms with E-state index < -0.39 is 11.4 Å². The molecule has 2 heterocycles. The van der Waals surface area contributed by atoms with Crippen LogP contribution in [0.5, 0.6) is 5.75 Å². The van der Waals surface area contributed by atoms with Crippen LogP contribution in [0.1, 0.15) is 41.7 Å². The summed E-state index contributed by atoms with van der Waals surface area (Å²) < 4.78 is 5.77. The number of nitrogens with one attached hydrogen (secondary N) is 1. The molecule has 2 aromatic carbocycles. The van der Waals surface area contributed by atoms with Crippen molar-refractivity contribution in [2.45, 2.75) is 37.2 Å². The van der Waals surface area contributed by atoms with E-state index in [2.05, 4.69) is 0 Å². The normalized spacial score (nSPS) is 32.4. The van der Waals surface area contributed by atoms with Crippen molar-refractivity contribution in [3.05, 3.63) is 65.7 Å². The summed E-state index contributed by atoms with van der Waals surface area (Å²) in [6.45, 7) is 2.53. The van der Waals surface area contributed by atoms with Gasteiger partial charge in [0.15, 0.2) is 11.4 Å². The molecule has 0 aliphatic carbocycles. The van der Waals surface area contributed by atoms with Gasteiger partial charge in [0, 0.05) is 5.56 Å². The first-order valence-corrected chi connectivity index (χ1v) is 9.05. The van der Waals surface area contributed by atoms with Gasteiger partial charge >= 0.3 is 0 Å². The Balaban J connectivity index is 1.58. The first kappa shape index (κ1) is 17.2. The highest BCUT2D eigenvalue weighted by Crippen LogP contribution is 2.43. The topological polar surface area (TPSA) is 71.2 Å². The number of para-hydroxylation sites is 1. The molecule has 4 atom stereocenters. The van der Waals surface area contributed by atoms with Crippen molar-refractivity contribution >= 4 is 5.78 Å². The summed E-state index contributed by atoms with van der Waals surface area (Å²) in [6.07, 6.45) is 0.708. The number of benzene rings is 2. The van der Waals surface area contributed by atoms with E-state index in [0.717, 1.165) is 10.5 Å². The molecule has 2 bridgehead atoms. The molecule has 5 nitrogen and oxygen atoms in total. The molecular weight excluding hydrogens is 330 g/mol. The molecule has 2 aliphatic heterocycles. The molecule has 1 saturated heterocycles. The number of likely N-dealkylation sites (tertiary alicyclic amines) is 1. The van der Waals surface area contributed by atoms with Crippen molar-refractivity contribution in [1.82, 2.24) is 0 Å². The summed E-state index contributed by atoms with van der Waals surface area (Å²) in [5.41, 5.74) is 0.344. The van der Waals surface area contributed by atoms with E-state index >= 15 is 0 Å². The zero-order valence-corrected chi connectivity index (χ0v) is 14.8. The zero-order chi connectivity index (χ0) is 18.4. The zero-order valence-electron chi connectivity index (χ0n) is 14.8. The summed E-state index contributed by atoms with van der Waals surface area (Å²) in [5.74, 6) is -0.893. The number of hydrogen-bond donors (Lipinski definition) is 3. The third-order valence-electron chi connectivity index (χ3n) is 5.73. The second-order valence-corrected chi connectivity index (χ2v) is 7.58. The van der Waals surface area contributed by atoms with Crippen LogP contribution in [-0.2, 0) is 0 Å². The molecule has 136 valence electrons. The molecular formula is C21H24NO4+. The predicted octanol–water partition coefficient (Wildman–Crippen LogP) is 1.12. The lowest BCUT2D eigenvalue weighted by Crippen LogP contribution is -3.17. The summed E-state index contributed by atoms with van der Waals surface area (Å²) in [7, 11) is 0. The Kier molecular flexibility index (Phi) is 4.10. The second kappa shape index (κ2) is 6.20. The van der Waals surface area contributed by atoms with Gasteiger partial charge in [-0.25, -0.2) is 0 Å². The van der Waals surface area contributed by atoms with Crippen molar-refractivity contribution in [3.63, 3.8) is 0 Å². The van der Waals surface area contributed by atoms with E-state index in [1.165, 1.54) is 0 Å². The minimum Gasteiger partial charge on any atom is -0.458 e. The molecule has 4 rings (SSSR count). The maximum Gasteiger partial charge on any atom is 0.248 e. The predicted molar refractivity (Wildman–Crippen MR) is 96.1 cm³/mol. The number of carbonyl (C=O) groups excluding carboxylic acids is 1. The molecule has 26 heavy (non-hydrogen) atoms. The number of Topliss-reactive ketones (excluding diaryl/α,β-unsaturated/α-hetero) is 1. The van der Waals surface area contributed by atoms with Crippen LogP contribution in [-0.4, -0.2) is 40.5 Å². The van der Waals surface area contributed by atoms with E-state index in [-0.39, 0.29) is 11.8 Å². The van der Waals surface area contributed by atoms with Gasteiger partial charge in [-0.1, -0.05) is 42.5 Å². The van der Waals surface area contributed by atoms with Crippen LogP contribution < -0.4 is 9.64 Å². The van der Waals surface area contributed by atoms with Crippen LogP contribution in [0.15, 0.2) is 54.6 Å². The van der Waals surface area contributed by atoms with Crippen molar-refractivity contribution in [1.29, 1.82) is 0 Å². The fourth-order valence-electron chi connectivity index (χ4n) is 4.17. The quantitative estimate of drug-likeness (QED) is 0.720. The number of quaternary nitrogens is 1. The molecule has 3 N–H and O–H groups in total. The molecule has 1 fully saturated rings. The Bertz CT molecular complexity index is 820. The summed E-state index contributed by atoms with van der Waals surface area (Å²) in [5, 5.41) is 21.7. The van der Waals surface area contributed by atoms with Crippen molar-refractivity contribution < 1.29 is 24.6 Å². The third-order valence-corrected chi connectivity index (χ3v) is 5.73. The Morgan fingerprint density at radius 3 is 2.62 bits per heavy atom. The van der Waals surface area contributed by atoms with E-state index in [1.807, 2.05) is 54.6 Å². The fourth-order valence-corrected chi connectivity index (χ4v) is 4.17. The monoisotopic (exact) mass is 354 g/mol. The highest BCUT2D eigenvalue weighted by Gasteiger charge is 2.61. The molecule has 2 aromatic rings. The van der Waals surface area contributed by atoms with Crippen LogP contribution in [0.3, 0.4) is 0 Å². The highest BCUT2D eigenvalue weighted by atomic mass is 16.6. The summed E-state index contributed by atoms with van der Waals surface area (Å²) in [4.78, 5) is 13.6. The van der Waals surface area contributed by atoms with E-state index in [4.69, 9.17) is 4.74 Å². The lowest BCUT2D eigenvalue weighted by Gasteiger charge is -2.52. The number of ketones is 1. The number of rotatable bonds is 4. The molecule has 4 unspecified atom stereocenters. The van der Waals surface area contributed by atoms with Crippen molar-refractivity contribution in [3.8, 4) is 5.75 Å². The lowest BCUT2D eigenvalue weighted by atomic mass is 9.79. The number of hydrogen-bond acceptors (Lipinski definition) is 4. The van der Waals surface area contributed by atoms with Crippen LogP contribution in [0.4, 0.5) is 0 Å². The summed E-state index contributed by atoms with van der Waals surface area (Å²) >= 11 is 0. The molecule has 2 aliphatic rings. The average Bonchev–Trinajstić information content (AvgIpc) is 2.64. The number of ether oxygens (including phenoxy) is 1. The minimum absolute atomic E-state index is 0.00579. The minimum atomic E-state index is -1.60. The second-order valence-electron chi connectivity index (χ2n) is 7.58. The highest BCUT2D eigenvalue weighted by molar-refractivity contribution is 5.96. The van der Waals surface area contributed by atoms with Crippen LogP contribution in [0, 0.1) is 0 Å². The number of aliphatic hydroxyl groups is 2. The van der Waals surface area contributed by atoms with Gasteiger partial charge in [-0.3, -0.25) is 4.79 Å². The van der Waals surface area contributed by atoms with E-state index in [9.17, 15) is 15.0 Å². The van der Waals surface area contributed by atoms with Crippen molar-refractivity contribution in [2.75, 3.05) is 13.1 Å². The Labute approximate surface area is 152 Å². The van der Waals surface area contributed by atoms with Crippen molar-refractivity contribution in [2.24, 2.45) is 0 Å². The number of fused-ring (bicyclic) bond motifs is 4.